The van der Waals surface area contributed by atoms with E-state index in [-0.39, 0.29) is 23.8 Å². The molecule has 4 rings (SSSR count). The number of rotatable bonds is 4. The Bertz CT molecular complexity index is 960. The molecule has 2 heterocycles. The Kier molecular flexibility index (Phi) is 4.73. The second-order valence-corrected chi connectivity index (χ2v) is 7.66. The average molecular weight is 364 g/mol. The summed E-state index contributed by atoms with van der Waals surface area (Å²) in [6, 6.07) is 15.2. The summed E-state index contributed by atoms with van der Waals surface area (Å²) in [7, 11) is 2.01. The van der Waals surface area contributed by atoms with E-state index in [1.165, 1.54) is 12.1 Å². The van der Waals surface area contributed by atoms with E-state index in [0.717, 1.165) is 47.7 Å². The van der Waals surface area contributed by atoms with Crippen molar-refractivity contribution in [3.05, 3.63) is 71.7 Å². The average Bonchev–Trinajstić information content (AvgIpc) is 3.23. The van der Waals surface area contributed by atoms with Crippen LogP contribution in [0, 0.1) is 5.82 Å². The maximum absolute atomic E-state index is 13.2. The minimum atomic E-state index is -0.207. The van der Waals surface area contributed by atoms with E-state index in [1.807, 2.05) is 49.6 Å². The molecule has 0 unspecified atom stereocenters. The highest BCUT2D eigenvalue weighted by Gasteiger charge is 2.34. The van der Waals surface area contributed by atoms with Crippen LogP contribution in [0.5, 0.6) is 0 Å². The number of aryl methyl sites for hydroxylation is 2. The van der Waals surface area contributed by atoms with Gasteiger partial charge in [-0.3, -0.25) is 4.79 Å². The van der Waals surface area contributed by atoms with E-state index in [2.05, 4.69) is 16.4 Å². The zero-order valence-electron chi connectivity index (χ0n) is 15.9. The summed E-state index contributed by atoms with van der Waals surface area (Å²) in [5, 5.41) is 1.10. The van der Waals surface area contributed by atoms with Crippen molar-refractivity contribution in [1.29, 1.82) is 0 Å². The van der Waals surface area contributed by atoms with E-state index in [4.69, 9.17) is 0 Å². The Morgan fingerprint density at radius 3 is 2.67 bits per heavy atom. The zero-order chi connectivity index (χ0) is 19.0. The molecule has 1 aliphatic heterocycles. The molecule has 140 valence electrons. The van der Waals surface area contributed by atoms with Gasteiger partial charge in [0.1, 0.15) is 5.82 Å². The molecule has 3 aromatic rings. The van der Waals surface area contributed by atoms with Crippen molar-refractivity contribution in [2.45, 2.75) is 44.7 Å². The molecule has 4 heteroatoms. The highest BCUT2D eigenvalue weighted by molar-refractivity contribution is 5.98. The Morgan fingerprint density at radius 2 is 1.89 bits per heavy atom. The van der Waals surface area contributed by atoms with Crippen LogP contribution < -0.4 is 0 Å². The Morgan fingerprint density at radius 1 is 1.11 bits per heavy atom. The number of carbonyl (C=O) groups excluding carboxylic acids is 1. The van der Waals surface area contributed by atoms with Crippen molar-refractivity contribution < 1.29 is 9.18 Å². The van der Waals surface area contributed by atoms with E-state index in [9.17, 15) is 9.18 Å². The van der Waals surface area contributed by atoms with E-state index in [1.54, 1.807) is 0 Å². The van der Waals surface area contributed by atoms with Crippen molar-refractivity contribution in [2.75, 3.05) is 0 Å². The first kappa shape index (κ1) is 17.8. The maximum atomic E-state index is 13.2. The van der Waals surface area contributed by atoms with Gasteiger partial charge in [0.25, 0.3) is 5.91 Å². The predicted octanol–water partition coefficient (Wildman–Crippen LogP) is 4.94. The molecule has 1 saturated heterocycles. The number of carbonyl (C=O) groups is 1. The monoisotopic (exact) mass is 364 g/mol. The van der Waals surface area contributed by atoms with Gasteiger partial charge in [-0.2, -0.15) is 0 Å². The number of fused-ring (bicyclic) bond motifs is 1. The van der Waals surface area contributed by atoms with Gasteiger partial charge in [0.05, 0.1) is 0 Å². The van der Waals surface area contributed by atoms with Crippen LogP contribution in [-0.2, 0) is 13.5 Å². The molecule has 2 atom stereocenters. The molecule has 0 radical (unpaired) electrons. The normalized spacial score (nSPS) is 19.7. The first-order valence-electron chi connectivity index (χ1n) is 9.65. The van der Waals surface area contributed by atoms with Crippen molar-refractivity contribution in [1.82, 2.24) is 9.47 Å². The van der Waals surface area contributed by atoms with Crippen molar-refractivity contribution in [3.8, 4) is 0 Å². The number of aromatic nitrogens is 1. The summed E-state index contributed by atoms with van der Waals surface area (Å²) in [5.74, 6) is -0.0868. The van der Waals surface area contributed by atoms with E-state index >= 15 is 0 Å². The van der Waals surface area contributed by atoms with Crippen molar-refractivity contribution in [2.24, 2.45) is 7.05 Å². The number of hydrogen-bond donors (Lipinski definition) is 0. The van der Waals surface area contributed by atoms with Crippen LogP contribution in [0.2, 0.25) is 0 Å². The largest absolute Gasteiger partial charge is 0.351 e. The van der Waals surface area contributed by atoms with Crippen LogP contribution >= 0.6 is 0 Å². The minimum absolute atomic E-state index is 0.120. The van der Waals surface area contributed by atoms with Gasteiger partial charge in [-0.25, -0.2) is 4.39 Å². The SMILES string of the molecule is C[C@@H]1CC[C@H](CCc2ccc(F)cc2)N1C(=O)c1ccc2c(ccn2C)c1. The molecule has 3 nitrogen and oxygen atoms in total. The van der Waals surface area contributed by atoms with Crippen molar-refractivity contribution >= 4 is 16.8 Å². The lowest BCUT2D eigenvalue weighted by atomic mass is 10.0. The van der Waals surface area contributed by atoms with Crippen LogP contribution in [0.4, 0.5) is 4.39 Å². The Balaban J connectivity index is 1.51. The molecular weight excluding hydrogens is 339 g/mol. The highest BCUT2D eigenvalue weighted by atomic mass is 19.1. The number of amides is 1. The van der Waals surface area contributed by atoms with Gasteiger partial charge in [0.15, 0.2) is 0 Å². The lowest BCUT2D eigenvalue weighted by Crippen LogP contribution is -2.40. The molecule has 0 saturated carbocycles. The van der Waals surface area contributed by atoms with Crippen LogP contribution in [-0.4, -0.2) is 27.5 Å². The summed E-state index contributed by atoms with van der Waals surface area (Å²) < 4.78 is 15.2. The third-order valence-corrected chi connectivity index (χ3v) is 5.83. The van der Waals surface area contributed by atoms with Gasteiger partial charge >= 0.3 is 0 Å². The first-order valence-corrected chi connectivity index (χ1v) is 9.65. The molecule has 0 spiro atoms. The van der Waals surface area contributed by atoms with Gasteiger partial charge in [-0.15, -0.1) is 0 Å². The van der Waals surface area contributed by atoms with Crippen LogP contribution in [0.25, 0.3) is 10.9 Å². The van der Waals surface area contributed by atoms with Gasteiger partial charge < -0.3 is 9.47 Å². The number of hydrogen-bond acceptors (Lipinski definition) is 1. The number of halogens is 1. The third-order valence-electron chi connectivity index (χ3n) is 5.83. The summed E-state index contributed by atoms with van der Waals surface area (Å²) >= 11 is 0. The topological polar surface area (TPSA) is 25.2 Å². The molecule has 1 aliphatic rings. The number of benzene rings is 2. The summed E-state index contributed by atoms with van der Waals surface area (Å²) in [6.07, 6.45) is 5.85. The zero-order valence-corrected chi connectivity index (χ0v) is 15.9. The second-order valence-electron chi connectivity index (χ2n) is 7.66. The minimum Gasteiger partial charge on any atom is -0.351 e. The number of likely N-dealkylation sites (tertiary alicyclic amines) is 1. The Labute approximate surface area is 159 Å². The fraction of sp³-hybridized carbons (Fsp3) is 0.348. The molecule has 2 aromatic carbocycles. The van der Waals surface area contributed by atoms with Gasteiger partial charge in [0.2, 0.25) is 0 Å². The van der Waals surface area contributed by atoms with Crippen LogP contribution in [0.15, 0.2) is 54.7 Å². The van der Waals surface area contributed by atoms with Crippen LogP contribution in [0.1, 0.15) is 42.1 Å². The smallest absolute Gasteiger partial charge is 0.254 e. The molecular formula is C23H25FN2O. The summed E-state index contributed by atoms with van der Waals surface area (Å²) in [5.41, 5.74) is 3.01. The molecule has 1 fully saturated rings. The number of nitrogens with zero attached hydrogens (tertiary/aromatic N) is 2. The van der Waals surface area contributed by atoms with E-state index in [0.29, 0.717) is 0 Å². The summed E-state index contributed by atoms with van der Waals surface area (Å²) in [4.78, 5) is 15.3. The molecule has 1 aromatic heterocycles. The molecule has 0 bridgehead atoms. The molecule has 1 amide bonds. The fourth-order valence-corrected chi connectivity index (χ4v) is 4.27. The maximum Gasteiger partial charge on any atom is 0.254 e. The fourth-order valence-electron chi connectivity index (χ4n) is 4.27. The summed E-state index contributed by atoms with van der Waals surface area (Å²) in [6.45, 7) is 2.14. The Hall–Kier alpha value is -2.62. The first-order chi connectivity index (χ1) is 13.0. The lowest BCUT2D eigenvalue weighted by Gasteiger charge is -2.29. The molecule has 0 N–H and O–H groups in total. The lowest BCUT2D eigenvalue weighted by molar-refractivity contribution is 0.0673. The molecule has 0 aliphatic carbocycles. The third kappa shape index (κ3) is 3.48. The van der Waals surface area contributed by atoms with E-state index < -0.39 is 0 Å². The second kappa shape index (κ2) is 7.18. The standard InChI is InChI=1S/C23H25FN2O/c1-16-3-10-21(11-6-17-4-8-20(24)9-5-17)26(16)23(27)19-7-12-22-18(15-19)13-14-25(22)2/h4-5,7-9,12-16,21H,3,6,10-11H2,1-2H3/t16-,21-/m1/s1. The highest BCUT2D eigenvalue weighted by Crippen LogP contribution is 2.30. The van der Waals surface area contributed by atoms with Gasteiger partial charge in [-0.05, 0) is 74.6 Å². The molecule has 27 heavy (non-hydrogen) atoms. The van der Waals surface area contributed by atoms with Crippen LogP contribution in [0.3, 0.4) is 0 Å². The predicted molar refractivity (Wildman–Crippen MR) is 106 cm³/mol. The van der Waals surface area contributed by atoms with Gasteiger partial charge in [-0.1, -0.05) is 12.1 Å². The quantitative estimate of drug-likeness (QED) is 0.643. The van der Waals surface area contributed by atoms with Gasteiger partial charge in [0, 0.05) is 41.8 Å². The van der Waals surface area contributed by atoms with Crippen molar-refractivity contribution in [3.63, 3.8) is 0 Å².